The number of ether oxygens (including phenoxy) is 1. The third kappa shape index (κ3) is 3.05. The topological polar surface area (TPSA) is 61.3 Å². The van der Waals surface area contributed by atoms with Crippen LogP contribution in [0, 0.1) is 0 Å². The molecular weight excluding hydrogens is 304 g/mol. The summed E-state index contributed by atoms with van der Waals surface area (Å²) in [5.41, 5.74) is 1.93. The predicted octanol–water partition coefficient (Wildman–Crippen LogP) is 4.58. The average molecular weight is 318 g/mol. The van der Waals surface area contributed by atoms with Crippen LogP contribution in [0.1, 0.15) is 5.56 Å². The molecule has 0 spiro atoms. The third-order valence-electron chi connectivity index (χ3n) is 3.50. The molecule has 0 unspecified atom stereocenters. The van der Waals surface area contributed by atoms with Crippen molar-refractivity contribution in [3.8, 4) is 28.8 Å². The molecule has 0 saturated heterocycles. The van der Waals surface area contributed by atoms with Gasteiger partial charge < -0.3 is 13.7 Å². The van der Waals surface area contributed by atoms with Crippen LogP contribution in [0.4, 0.5) is 0 Å². The summed E-state index contributed by atoms with van der Waals surface area (Å²) in [4.78, 5) is 4.36. The molecule has 24 heavy (non-hydrogen) atoms. The predicted molar refractivity (Wildman–Crippen MR) is 88.2 cm³/mol. The first-order valence-electron chi connectivity index (χ1n) is 7.53. The first-order valence-corrected chi connectivity index (χ1v) is 7.53. The SMILES string of the molecule is c1ccc(COc2cccc(-c3noc(-c4ccco4)n3)c2)cc1. The molecule has 0 N–H and O–H groups in total. The Labute approximate surface area is 138 Å². The van der Waals surface area contributed by atoms with E-state index in [0.29, 0.717) is 24.1 Å². The highest BCUT2D eigenvalue weighted by Gasteiger charge is 2.13. The first kappa shape index (κ1) is 14.3. The molecule has 0 aliphatic rings. The standard InChI is InChI=1S/C19H14N2O3/c1-2-6-14(7-3-1)13-23-16-9-4-8-15(12-16)18-20-19(24-21-18)17-10-5-11-22-17/h1-12H,13H2. The van der Waals surface area contributed by atoms with Crippen LogP contribution < -0.4 is 4.74 Å². The minimum atomic E-state index is 0.352. The van der Waals surface area contributed by atoms with E-state index < -0.39 is 0 Å². The monoisotopic (exact) mass is 318 g/mol. The summed E-state index contributed by atoms with van der Waals surface area (Å²) < 4.78 is 16.3. The normalized spacial score (nSPS) is 10.7. The fraction of sp³-hybridized carbons (Fsp3) is 0.0526. The fourth-order valence-corrected chi connectivity index (χ4v) is 2.31. The van der Waals surface area contributed by atoms with E-state index in [2.05, 4.69) is 10.1 Å². The number of benzene rings is 2. The summed E-state index contributed by atoms with van der Waals surface area (Å²) in [5, 5.41) is 4.00. The zero-order valence-corrected chi connectivity index (χ0v) is 12.8. The smallest absolute Gasteiger partial charge is 0.293 e. The molecule has 2 aromatic heterocycles. The summed E-state index contributed by atoms with van der Waals surface area (Å²) in [6, 6.07) is 21.2. The highest BCUT2D eigenvalue weighted by Crippen LogP contribution is 2.25. The molecule has 118 valence electrons. The van der Waals surface area contributed by atoms with Crippen LogP contribution >= 0.6 is 0 Å². The maximum Gasteiger partial charge on any atom is 0.293 e. The minimum absolute atomic E-state index is 0.352. The van der Waals surface area contributed by atoms with Crippen molar-refractivity contribution in [2.75, 3.05) is 0 Å². The zero-order chi connectivity index (χ0) is 16.2. The van der Waals surface area contributed by atoms with E-state index in [-0.39, 0.29) is 0 Å². The Morgan fingerprint density at radius 2 is 1.83 bits per heavy atom. The van der Waals surface area contributed by atoms with Crippen LogP contribution in [-0.2, 0) is 6.61 Å². The van der Waals surface area contributed by atoms with E-state index in [1.807, 2.05) is 54.6 Å². The van der Waals surface area contributed by atoms with E-state index >= 15 is 0 Å². The Morgan fingerprint density at radius 1 is 0.917 bits per heavy atom. The largest absolute Gasteiger partial charge is 0.489 e. The van der Waals surface area contributed by atoms with Crippen LogP contribution in [-0.4, -0.2) is 10.1 Å². The van der Waals surface area contributed by atoms with Gasteiger partial charge in [-0.2, -0.15) is 4.98 Å². The number of hydrogen-bond acceptors (Lipinski definition) is 5. The summed E-state index contributed by atoms with van der Waals surface area (Å²) in [7, 11) is 0. The van der Waals surface area contributed by atoms with E-state index in [9.17, 15) is 0 Å². The van der Waals surface area contributed by atoms with Crippen LogP contribution in [0.25, 0.3) is 23.0 Å². The molecule has 0 fully saturated rings. The van der Waals surface area contributed by atoms with Crippen molar-refractivity contribution in [2.45, 2.75) is 6.61 Å². The molecule has 5 heteroatoms. The van der Waals surface area contributed by atoms with Crippen molar-refractivity contribution in [1.29, 1.82) is 0 Å². The van der Waals surface area contributed by atoms with Crippen LogP contribution in [0.2, 0.25) is 0 Å². The Bertz CT molecular complexity index is 915. The Kier molecular flexibility index (Phi) is 3.81. The van der Waals surface area contributed by atoms with Gasteiger partial charge in [0.1, 0.15) is 12.4 Å². The second kappa shape index (κ2) is 6.42. The lowest BCUT2D eigenvalue weighted by Gasteiger charge is -2.06. The molecule has 0 aliphatic heterocycles. The summed E-state index contributed by atoms with van der Waals surface area (Å²) in [5.74, 6) is 2.14. The van der Waals surface area contributed by atoms with Crippen molar-refractivity contribution < 1.29 is 13.7 Å². The highest BCUT2D eigenvalue weighted by atomic mass is 16.5. The van der Waals surface area contributed by atoms with Crippen molar-refractivity contribution in [2.24, 2.45) is 0 Å². The molecule has 4 rings (SSSR count). The molecule has 2 heterocycles. The number of hydrogen-bond donors (Lipinski definition) is 0. The van der Waals surface area contributed by atoms with E-state index in [1.165, 1.54) is 0 Å². The lowest BCUT2D eigenvalue weighted by atomic mass is 10.2. The second-order valence-corrected chi connectivity index (χ2v) is 5.20. The minimum Gasteiger partial charge on any atom is -0.489 e. The number of nitrogens with zero attached hydrogens (tertiary/aromatic N) is 2. The van der Waals surface area contributed by atoms with Crippen molar-refractivity contribution in [3.63, 3.8) is 0 Å². The lowest BCUT2D eigenvalue weighted by Crippen LogP contribution is -1.95. The second-order valence-electron chi connectivity index (χ2n) is 5.20. The van der Waals surface area contributed by atoms with Crippen molar-refractivity contribution in [3.05, 3.63) is 78.6 Å². The van der Waals surface area contributed by atoms with E-state index in [4.69, 9.17) is 13.7 Å². The molecular formula is C19H14N2O3. The van der Waals surface area contributed by atoms with Gasteiger partial charge in [-0.15, -0.1) is 0 Å². The van der Waals surface area contributed by atoms with Gasteiger partial charge >= 0.3 is 0 Å². The van der Waals surface area contributed by atoms with Crippen LogP contribution in [0.15, 0.2) is 81.9 Å². The molecule has 0 radical (unpaired) electrons. The van der Waals surface area contributed by atoms with Gasteiger partial charge in [0.2, 0.25) is 5.82 Å². The maximum atomic E-state index is 5.83. The highest BCUT2D eigenvalue weighted by molar-refractivity contribution is 5.59. The summed E-state index contributed by atoms with van der Waals surface area (Å²) >= 11 is 0. The lowest BCUT2D eigenvalue weighted by molar-refractivity contribution is 0.306. The summed E-state index contributed by atoms with van der Waals surface area (Å²) in [6.07, 6.45) is 1.57. The Hall–Kier alpha value is -3.34. The zero-order valence-electron chi connectivity index (χ0n) is 12.8. The molecule has 0 atom stereocenters. The fourth-order valence-electron chi connectivity index (χ4n) is 2.31. The molecule has 0 aliphatic carbocycles. The van der Waals surface area contributed by atoms with Crippen molar-refractivity contribution >= 4 is 0 Å². The number of aromatic nitrogens is 2. The third-order valence-corrected chi connectivity index (χ3v) is 3.50. The van der Waals surface area contributed by atoms with Gasteiger partial charge in [0, 0.05) is 5.56 Å². The Balaban J connectivity index is 1.52. The molecule has 4 aromatic rings. The molecule has 5 nitrogen and oxygen atoms in total. The quantitative estimate of drug-likeness (QED) is 0.539. The van der Waals surface area contributed by atoms with Crippen molar-refractivity contribution in [1.82, 2.24) is 10.1 Å². The maximum absolute atomic E-state index is 5.83. The Morgan fingerprint density at radius 3 is 2.67 bits per heavy atom. The number of rotatable bonds is 5. The van der Waals surface area contributed by atoms with Gasteiger partial charge in [0.25, 0.3) is 5.89 Å². The molecule has 2 aromatic carbocycles. The van der Waals surface area contributed by atoms with Gasteiger partial charge in [-0.3, -0.25) is 0 Å². The molecule has 0 saturated carbocycles. The van der Waals surface area contributed by atoms with E-state index in [0.717, 1.165) is 16.9 Å². The van der Waals surface area contributed by atoms with Crippen LogP contribution in [0.5, 0.6) is 5.75 Å². The van der Waals surface area contributed by atoms with E-state index in [1.54, 1.807) is 18.4 Å². The van der Waals surface area contributed by atoms with Gasteiger partial charge in [0.05, 0.1) is 6.26 Å². The number of furan rings is 1. The van der Waals surface area contributed by atoms with Gasteiger partial charge in [-0.05, 0) is 29.8 Å². The molecule has 0 amide bonds. The summed E-state index contributed by atoms with van der Waals surface area (Å²) in [6.45, 7) is 0.508. The van der Waals surface area contributed by atoms with Gasteiger partial charge in [-0.1, -0.05) is 47.6 Å². The van der Waals surface area contributed by atoms with Gasteiger partial charge in [-0.25, -0.2) is 0 Å². The molecule has 0 bridgehead atoms. The average Bonchev–Trinajstić information content (AvgIpc) is 3.32. The van der Waals surface area contributed by atoms with Crippen LogP contribution in [0.3, 0.4) is 0 Å². The first-order chi connectivity index (χ1) is 11.9. The van der Waals surface area contributed by atoms with Gasteiger partial charge in [0.15, 0.2) is 5.76 Å².